The molecule has 0 aliphatic carbocycles. The Hall–Kier alpha value is -2.95. The first-order valence-electron chi connectivity index (χ1n) is 6.36. The zero-order chi connectivity index (χ0) is 14.8. The maximum absolute atomic E-state index is 11.0. The number of nitrogens with zero attached hydrogens (tertiary/aromatic N) is 2. The number of hydrogen-bond acceptors (Lipinski definition) is 4. The van der Waals surface area contributed by atoms with Crippen LogP contribution in [0.25, 0.3) is 10.9 Å². The van der Waals surface area contributed by atoms with E-state index in [1.54, 1.807) is 0 Å². The van der Waals surface area contributed by atoms with Gasteiger partial charge in [0.05, 0.1) is 17.3 Å². The van der Waals surface area contributed by atoms with Crippen molar-refractivity contribution in [3.8, 4) is 11.5 Å². The van der Waals surface area contributed by atoms with Crippen LogP contribution in [0, 0.1) is 6.92 Å². The number of aryl methyl sites for hydroxylation is 1. The minimum Gasteiger partial charge on any atom is -0.478 e. The summed E-state index contributed by atoms with van der Waals surface area (Å²) in [6, 6.07) is 10.9. The molecule has 0 amide bonds. The number of rotatable bonds is 3. The van der Waals surface area contributed by atoms with Gasteiger partial charge in [0.15, 0.2) is 0 Å². The van der Waals surface area contributed by atoms with Crippen LogP contribution in [0.4, 0.5) is 0 Å². The molecule has 0 aliphatic rings. The molecule has 21 heavy (non-hydrogen) atoms. The van der Waals surface area contributed by atoms with Gasteiger partial charge in [-0.2, -0.15) is 0 Å². The number of para-hydroxylation sites is 1. The van der Waals surface area contributed by atoms with Crippen molar-refractivity contribution in [1.29, 1.82) is 0 Å². The maximum atomic E-state index is 11.0. The summed E-state index contributed by atoms with van der Waals surface area (Å²) in [6.45, 7) is 1.88. The van der Waals surface area contributed by atoms with Gasteiger partial charge in [0, 0.05) is 23.3 Å². The molecule has 0 spiro atoms. The molecule has 0 bridgehead atoms. The third kappa shape index (κ3) is 2.67. The van der Waals surface area contributed by atoms with Crippen molar-refractivity contribution in [2.45, 2.75) is 6.92 Å². The molecule has 0 aliphatic heterocycles. The molecule has 0 fully saturated rings. The predicted molar refractivity (Wildman–Crippen MR) is 77.8 cm³/mol. The van der Waals surface area contributed by atoms with Gasteiger partial charge in [0.1, 0.15) is 11.5 Å². The van der Waals surface area contributed by atoms with Gasteiger partial charge in [-0.1, -0.05) is 12.1 Å². The Morgan fingerprint density at radius 2 is 2.00 bits per heavy atom. The number of carbonyl (C=O) groups is 1. The molecule has 1 N–H and O–H groups in total. The van der Waals surface area contributed by atoms with E-state index in [1.807, 2.05) is 37.3 Å². The highest BCUT2D eigenvalue weighted by Crippen LogP contribution is 2.29. The topological polar surface area (TPSA) is 72.3 Å². The van der Waals surface area contributed by atoms with E-state index >= 15 is 0 Å². The monoisotopic (exact) mass is 280 g/mol. The Bertz CT molecular complexity index is 831. The minimum absolute atomic E-state index is 0.0857. The van der Waals surface area contributed by atoms with Crippen molar-refractivity contribution in [3.05, 3.63) is 60.0 Å². The average Bonchev–Trinajstić information content (AvgIpc) is 2.47. The first-order chi connectivity index (χ1) is 10.1. The number of benzene rings is 1. The molecule has 3 rings (SSSR count). The lowest BCUT2D eigenvalue weighted by Crippen LogP contribution is -1.98. The minimum atomic E-state index is -1.04. The molecule has 0 saturated carbocycles. The summed E-state index contributed by atoms with van der Waals surface area (Å²) in [7, 11) is 0. The zero-order valence-electron chi connectivity index (χ0n) is 11.3. The number of aromatic nitrogens is 2. The Morgan fingerprint density at radius 3 is 2.81 bits per heavy atom. The van der Waals surface area contributed by atoms with Crippen molar-refractivity contribution < 1.29 is 14.6 Å². The smallest absolute Gasteiger partial charge is 0.337 e. The largest absolute Gasteiger partial charge is 0.478 e. The van der Waals surface area contributed by atoms with Crippen molar-refractivity contribution in [2.24, 2.45) is 0 Å². The van der Waals surface area contributed by atoms with Gasteiger partial charge in [-0.3, -0.25) is 9.97 Å². The summed E-state index contributed by atoms with van der Waals surface area (Å²) >= 11 is 0. The number of aromatic carboxylic acids is 1. The van der Waals surface area contributed by atoms with E-state index < -0.39 is 5.97 Å². The van der Waals surface area contributed by atoms with Crippen LogP contribution in [0.3, 0.4) is 0 Å². The lowest BCUT2D eigenvalue weighted by molar-refractivity contribution is 0.0696. The Kier molecular flexibility index (Phi) is 3.23. The van der Waals surface area contributed by atoms with Crippen LogP contribution in [0.15, 0.2) is 48.8 Å². The maximum Gasteiger partial charge on any atom is 0.337 e. The van der Waals surface area contributed by atoms with E-state index in [4.69, 9.17) is 9.84 Å². The lowest BCUT2D eigenvalue weighted by Gasteiger charge is -2.10. The van der Waals surface area contributed by atoms with E-state index in [-0.39, 0.29) is 5.56 Å². The molecule has 0 saturated heterocycles. The quantitative estimate of drug-likeness (QED) is 0.795. The fourth-order valence-electron chi connectivity index (χ4n) is 2.07. The van der Waals surface area contributed by atoms with E-state index in [0.717, 1.165) is 16.6 Å². The van der Waals surface area contributed by atoms with Crippen LogP contribution < -0.4 is 4.74 Å². The Balaban J connectivity index is 2.05. The van der Waals surface area contributed by atoms with Crippen LogP contribution in [0.1, 0.15) is 16.1 Å². The lowest BCUT2D eigenvalue weighted by atomic mass is 10.2. The molecule has 5 heteroatoms. The highest BCUT2D eigenvalue weighted by Gasteiger charge is 2.09. The van der Waals surface area contributed by atoms with Gasteiger partial charge in [-0.15, -0.1) is 0 Å². The molecule has 2 aromatic heterocycles. The number of hydrogen-bond donors (Lipinski definition) is 1. The molecular formula is C16H12N2O3. The van der Waals surface area contributed by atoms with E-state index in [1.165, 1.54) is 18.5 Å². The summed E-state index contributed by atoms with van der Waals surface area (Å²) in [5, 5.41) is 9.85. The standard InChI is InChI=1S/C16H12N2O3/c1-10-6-15(13-4-2-3-5-14(13)18-10)21-12-7-11(16(19)20)8-17-9-12/h2-9H,1H3,(H,19,20). The molecule has 0 atom stereocenters. The van der Waals surface area contributed by atoms with Crippen molar-refractivity contribution in [1.82, 2.24) is 9.97 Å². The third-order valence-corrected chi connectivity index (χ3v) is 2.99. The fourth-order valence-corrected chi connectivity index (χ4v) is 2.07. The van der Waals surface area contributed by atoms with Crippen molar-refractivity contribution in [3.63, 3.8) is 0 Å². The second kappa shape index (κ2) is 5.20. The van der Waals surface area contributed by atoms with Crippen molar-refractivity contribution >= 4 is 16.9 Å². The van der Waals surface area contributed by atoms with Crippen LogP contribution in [0.2, 0.25) is 0 Å². The summed E-state index contributed by atoms with van der Waals surface area (Å²) in [5.41, 5.74) is 1.74. The number of pyridine rings is 2. The molecule has 3 aromatic rings. The SMILES string of the molecule is Cc1cc(Oc2cncc(C(=O)O)c2)c2ccccc2n1. The first kappa shape index (κ1) is 13.1. The van der Waals surface area contributed by atoms with E-state index in [9.17, 15) is 4.79 Å². The molecule has 5 nitrogen and oxygen atoms in total. The molecule has 1 aromatic carbocycles. The predicted octanol–water partition coefficient (Wildman–Crippen LogP) is 3.43. The average molecular weight is 280 g/mol. The summed E-state index contributed by atoms with van der Waals surface area (Å²) in [4.78, 5) is 19.3. The third-order valence-electron chi connectivity index (χ3n) is 2.99. The van der Waals surface area contributed by atoms with E-state index in [2.05, 4.69) is 9.97 Å². The Morgan fingerprint density at radius 1 is 1.19 bits per heavy atom. The van der Waals surface area contributed by atoms with Gasteiger partial charge >= 0.3 is 5.97 Å². The van der Waals surface area contributed by atoms with Crippen LogP contribution in [0.5, 0.6) is 11.5 Å². The highest BCUT2D eigenvalue weighted by atomic mass is 16.5. The molecular weight excluding hydrogens is 268 g/mol. The van der Waals surface area contributed by atoms with Gasteiger partial charge in [-0.25, -0.2) is 4.79 Å². The second-order valence-electron chi connectivity index (χ2n) is 4.60. The summed E-state index contributed by atoms with van der Waals surface area (Å²) < 4.78 is 5.80. The molecule has 0 radical (unpaired) electrons. The highest BCUT2D eigenvalue weighted by molar-refractivity contribution is 5.88. The van der Waals surface area contributed by atoms with E-state index in [0.29, 0.717) is 11.5 Å². The number of carboxylic acids is 1. The van der Waals surface area contributed by atoms with Gasteiger partial charge in [0.25, 0.3) is 0 Å². The van der Waals surface area contributed by atoms with Crippen LogP contribution in [-0.4, -0.2) is 21.0 Å². The number of carboxylic acid groups (broad SMARTS) is 1. The molecule has 0 unspecified atom stereocenters. The normalized spacial score (nSPS) is 10.5. The number of ether oxygens (including phenoxy) is 1. The Labute approximate surface area is 120 Å². The number of fused-ring (bicyclic) bond motifs is 1. The van der Waals surface area contributed by atoms with Crippen LogP contribution >= 0.6 is 0 Å². The van der Waals surface area contributed by atoms with Gasteiger partial charge in [-0.05, 0) is 25.1 Å². The molecule has 104 valence electrons. The van der Waals surface area contributed by atoms with Crippen LogP contribution in [-0.2, 0) is 0 Å². The fraction of sp³-hybridized carbons (Fsp3) is 0.0625. The molecule has 2 heterocycles. The van der Waals surface area contributed by atoms with Gasteiger partial charge < -0.3 is 9.84 Å². The summed E-state index contributed by atoms with van der Waals surface area (Å²) in [5.74, 6) is -0.0307. The van der Waals surface area contributed by atoms with Crippen molar-refractivity contribution in [2.75, 3.05) is 0 Å². The van der Waals surface area contributed by atoms with Gasteiger partial charge in [0.2, 0.25) is 0 Å². The zero-order valence-corrected chi connectivity index (χ0v) is 11.3. The summed E-state index contributed by atoms with van der Waals surface area (Å²) in [6.07, 6.45) is 2.77. The first-order valence-corrected chi connectivity index (χ1v) is 6.36. The second-order valence-corrected chi connectivity index (χ2v) is 4.60.